The Bertz CT molecular complexity index is 301. The Morgan fingerprint density at radius 2 is 2.00 bits per heavy atom. The van der Waals surface area contributed by atoms with E-state index in [1.807, 2.05) is 32.8 Å². The first kappa shape index (κ1) is 8.77. The van der Waals surface area contributed by atoms with Crippen molar-refractivity contribution in [1.29, 1.82) is 0 Å². The van der Waals surface area contributed by atoms with Gasteiger partial charge in [-0.2, -0.15) is 0 Å². The first-order chi connectivity index (χ1) is 5.57. The van der Waals surface area contributed by atoms with E-state index in [1.165, 1.54) is 4.57 Å². The molecule has 0 aromatic carbocycles. The summed E-state index contributed by atoms with van der Waals surface area (Å²) in [6, 6.07) is 0. The van der Waals surface area contributed by atoms with Crippen LogP contribution in [-0.4, -0.2) is 30.1 Å². The van der Waals surface area contributed by atoms with Gasteiger partial charge in [-0.15, -0.1) is 0 Å². The van der Waals surface area contributed by atoms with Crippen LogP contribution in [0.2, 0.25) is 0 Å². The molecule has 12 heavy (non-hydrogen) atoms. The number of aryl methyl sites for hydroxylation is 1. The van der Waals surface area contributed by atoms with Gasteiger partial charge < -0.3 is 4.90 Å². The van der Waals surface area contributed by atoms with Crippen molar-refractivity contribution in [2.75, 3.05) is 19.0 Å². The molecule has 1 aromatic heterocycles. The standard InChI is InChI=1S/C8H13N3O/c1-6-8(10(3)4)9-7(2)11(6)5-12/h5H,1-4H3. The maximum atomic E-state index is 10.6. The highest BCUT2D eigenvalue weighted by molar-refractivity contribution is 5.60. The van der Waals surface area contributed by atoms with Gasteiger partial charge in [0.1, 0.15) is 11.6 Å². The third kappa shape index (κ3) is 1.20. The molecule has 1 aromatic rings. The average Bonchev–Trinajstić information content (AvgIpc) is 2.27. The van der Waals surface area contributed by atoms with Crippen molar-refractivity contribution in [2.45, 2.75) is 13.8 Å². The van der Waals surface area contributed by atoms with E-state index in [9.17, 15) is 4.79 Å². The summed E-state index contributed by atoms with van der Waals surface area (Å²) in [5.74, 6) is 1.57. The fourth-order valence-corrected chi connectivity index (χ4v) is 1.22. The van der Waals surface area contributed by atoms with E-state index in [1.54, 1.807) is 0 Å². The third-order valence-electron chi connectivity index (χ3n) is 1.83. The Morgan fingerprint density at radius 1 is 1.42 bits per heavy atom. The summed E-state index contributed by atoms with van der Waals surface area (Å²) in [5.41, 5.74) is 0.882. The van der Waals surface area contributed by atoms with Crippen molar-refractivity contribution in [3.8, 4) is 0 Å². The van der Waals surface area contributed by atoms with Crippen LogP contribution in [0.25, 0.3) is 0 Å². The summed E-state index contributed by atoms with van der Waals surface area (Å²) in [7, 11) is 3.81. The maximum absolute atomic E-state index is 10.6. The second-order valence-electron chi connectivity index (χ2n) is 2.94. The van der Waals surface area contributed by atoms with Crippen LogP contribution in [0, 0.1) is 13.8 Å². The topological polar surface area (TPSA) is 38.1 Å². The van der Waals surface area contributed by atoms with Crippen molar-refractivity contribution in [3.05, 3.63) is 11.5 Å². The maximum Gasteiger partial charge on any atom is 0.219 e. The van der Waals surface area contributed by atoms with Gasteiger partial charge in [0.15, 0.2) is 0 Å². The molecular formula is C8H13N3O. The number of rotatable bonds is 2. The molecule has 4 heteroatoms. The molecule has 0 saturated heterocycles. The highest BCUT2D eigenvalue weighted by Crippen LogP contribution is 2.16. The van der Waals surface area contributed by atoms with E-state index in [2.05, 4.69) is 4.98 Å². The Kier molecular flexibility index (Phi) is 2.17. The van der Waals surface area contributed by atoms with Gasteiger partial charge in [0.05, 0.1) is 5.69 Å². The Balaban J connectivity index is 3.26. The minimum atomic E-state index is 0.728. The van der Waals surface area contributed by atoms with Crippen molar-refractivity contribution in [2.24, 2.45) is 0 Å². The first-order valence-electron chi connectivity index (χ1n) is 3.76. The Morgan fingerprint density at radius 3 is 2.25 bits per heavy atom. The molecule has 4 nitrogen and oxygen atoms in total. The lowest BCUT2D eigenvalue weighted by atomic mass is 10.4. The monoisotopic (exact) mass is 167 g/mol. The molecule has 0 aliphatic carbocycles. The largest absolute Gasteiger partial charge is 0.361 e. The molecule has 1 rings (SSSR count). The predicted octanol–water partition coefficient (Wildman–Crippen LogP) is 0.604. The first-order valence-corrected chi connectivity index (χ1v) is 3.76. The van der Waals surface area contributed by atoms with Crippen molar-refractivity contribution < 1.29 is 4.79 Å². The molecule has 0 aliphatic rings. The number of aromatic nitrogens is 2. The lowest BCUT2D eigenvalue weighted by Crippen LogP contribution is -2.11. The van der Waals surface area contributed by atoms with Crippen LogP contribution in [-0.2, 0) is 4.79 Å². The van der Waals surface area contributed by atoms with Crippen LogP contribution < -0.4 is 4.90 Å². The zero-order chi connectivity index (χ0) is 9.30. The van der Waals surface area contributed by atoms with E-state index in [0.29, 0.717) is 0 Å². The molecule has 1 heterocycles. The summed E-state index contributed by atoms with van der Waals surface area (Å²) in [5, 5.41) is 0. The number of anilines is 1. The number of carbonyl (C=O) groups is 1. The fourth-order valence-electron chi connectivity index (χ4n) is 1.22. The number of hydrogen-bond donors (Lipinski definition) is 0. The Labute approximate surface area is 71.8 Å². The van der Waals surface area contributed by atoms with Crippen LogP contribution in [0.4, 0.5) is 5.82 Å². The minimum Gasteiger partial charge on any atom is -0.361 e. The molecular weight excluding hydrogens is 154 g/mol. The number of nitrogens with zero attached hydrogens (tertiary/aromatic N) is 3. The van der Waals surface area contributed by atoms with Crippen molar-refractivity contribution >= 4 is 12.2 Å². The second-order valence-corrected chi connectivity index (χ2v) is 2.94. The van der Waals surface area contributed by atoms with Crippen molar-refractivity contribution in [1.82, 2.24) is 9.55 Å². The van der Waals surface area contributed by atoms with Crippen LogP contribution in [0.1, 0.15) is 11.5 Å². The lowest BCUT2D eigenvalue weighted by Gasteiger charge is -2.08. The van der Waals surface area contributed by atoms with Gasteiger partial charge in [-0.3, -0.25) is 9.36 Å². The van der Waals surface area contributed by atoms with Gasteiger partial charge in [0, 0.05) is 14.1 Å². The van der Waals surface area contributed by atoms with Gasteiger partial charge in [0.2, 0.25) is 6.41 Å². The summed E-state index contributed by atoms with van der Waals surface area (Å²) in [6.07, 6.45) is 0.782. The van der Waals surface area contributed by atoms with E-state index >= 15 is 0 Å². The van der Waals surface area contributed by atoms with Gasteiger partial charge >= 0.3 is 0 Å². The number of imidazole rings is 1. The van der Waals surface area contributed by atoms with Crippen LogP contribution in [0.3, 0.4) is 0 Å². The highest BCUT2D eigenvalue weighted by atomic mass is 16.1. The van der Waals surface area contributed by atoms with E-state index in [0.717, 1.165) is 23.7 Å². The number of carbonyl (C=O) groups excluding carboxylic acids is 1. The normalized spacial score (nSPS) is 10.0. The highest BCUT2D eigenvalue weighted by Gasteiger charge is 2.10. The van der Waals surface area contributed by atoms with Gasteiger partial charge in [0.25, 0.3) is 0 Å². The molecule has 0 aliphatic heterocycles. The zero-order valence-corrected chi connectivity index (χ0v) is 7.83. The summed E-state index contributed by atoms with van der Waals surface area (Å²) < 4.78 is 1.54. The van der Waals surface area contributed by atoms with Crippen LogP contribution in [0.15, 0.2) is 0 Å². The van der Waals surface area contributed by atoms with E-state index < -0.39 is 0 Å². The SMILES string of the molecule is Cc1nc(N(C)C)c(C)n1C=O. The lowest BCUT2D eigenvalue weighted by molar-refractivity contribution is 0.545. The molecule has 0 spiro atoms. The molecule has 0 atom stereocenters. The van der Waals surface area contributed by atoms with E-state index in [-0.39, 0.29) is 0 Å². The van der Waals surface area contributed by atoms with E-state index in [4.69, 9.17) is 0 Å². The molecule has 0 fully saturated rings. The molecule has 0 amide bonds. The molecule has 0 unspecified atom stereocenters. The summed E-state index contributed by atoms with van der Waals surface area (Å²) in [6.45, 7) is 3.69. The Hall–Kier alpha value is -1.32. The molecule has 0 bridgehead atoms. The average molecular weight is 167 g/mol. The third-order valence-corrected chi connectivity index (χ3v) is 1.83. The zero-order valence-electron chi connectivity index (χ0n) is 7.83. The molecule has 0 saturated carbocycles. The molecule has 0 radical (unpaired) electrons. The summed E-state index contributed by atoms with van der Waals surface area (Å²) >= 11 is 0. The van der Waals surface area contributed by atoms with Gasteiger partial charge in [-0.1, -0.05) is 0 Å². The minimum absolute atomic E-state index is 0.728. The van der Waals surface area contributed by atoms with Gasteiger partial charge in [-0.25, -0.2) is 4.98 Å². The smallest absolute Gasteiger partial charge is 0.219 e. The second kappa shape index (κ2) is 2.97. The van der Waals surface area contributed by atoms with Crippen LogP contribution in [0.5, 0.6) is 0 Å². The quantitative estimate of drug-likeness (QED) is 0.605. The van der Waals surface area contributed by atoms with Gasteiger partial charge in [-0.05, 0) is 13.8 Å². The molecule has 66 valence electrons. The fraction of sp³-hybridized carbons (Fsp3) is 0.500. The predicted molar refractivity (Wildman–Crippen MR) is 48.2 cm³/mol. The molecule has 0 N–H and O–H groups in total. The van der Waals surface area contributed by atoms with Crippen molar-refractivity contribution in [3.63, 3.8) is 0 Å². The number of hydrogen-bond acceptors (Lipinski definition) is 3. The van der Waals surface area contributed by atoms with Crippen LogP contribution >= 0.6 is 0 Å². The summed E-state index contributed by atoms with van der Waals surface area (Å²) in [4.78, 5) is 16.7.